The van der Waals surface area contributed by atoms with Crippen molar-refractivity contribution in [3.05, 3.63) is 58.6 Å². The molecule has 2 fully saturated rings. The van der Waals surface area contributed by atoms with Gasteiger partial charge in [-0.15, -0.1) is 0 Å². The minimum Gasteiger partial charge on any atom is -0.490 e. The van der Waals surface area contributed by atoms with Crippen LogP contribution in [0.5, 0.6) is 11.5 Å². The van der Waals surface area contributed by atoms with Gasteiger partial charge in [-0.1, -0.05) is 23.7 Å². The van der Waals surface area contributed by atoms with E-state index in [0.717, 1.165) is 63.0 Å². The van der Waals surface area contributed by atoms with Crippen LogP contribution in [-0.4, -0.2) is 54.0 Å². The van der Waals surface area contributed by atoms with E-state index in [1.807, 2.05) is 49.4 Å². The first-order chi connectivity index (χ1) is 18.2. The second-order valence-corrected chi connectivity index (χ2v) is 9.51. The van der Waals surface area contributed by atoms with Crippen molar-refractivity contribution in [2.45, 2.75) is 39.2 Å². The van der Waals surface area contributed by atoms with E-state index in [4.69, 9.17) is 26.1 Å². The lowest BCUT2D eigenvalue weighted by Gasteiger charge is -2.20. The van der Waals surface area contributed by atoms with Crippen LogP contribution in [0.15, 0.2) is 47.6 Å². The molecule has 0 atom stereocenters. The molecule has 0 unspecified atom stereocenters. The maximum Gasteiger partial charge on any atom is 0.250 e. The fraction of sp³-hybridized carbons (Fsp3) is 0.407. The summed E-state index contributed by atoms with van der Waals surface area (Å²) in [5, 5.41) is 5.11. The van der Waals surface area contributed by atoms with Crippen LogP contribution in [0.4, 0.5) is 17.8 Å². The van der Waals surface area contributed by atoms with Crippen molar-refractivity contribution in [1.29, 1.82) is 0 Å². The Morgan fingerprint density at radius 3 is 2.14 bits per heavy atom. The lowest BCUT2D eigenvalue weighted by atomic mass is 10.2. The molecule has 2 aliphatic heterocycles. The monoisotopic (exact) mass is 521 g/mol. The Labute approximate surface area is 222 Å². The van der Waals surface area contributed by atoms with Gasteiger partial charge in [-0.05, 0) is 74.1 Å². The lowest BCUT2D eigenvalue weighted by Crippen LogP contribution is -2.25. The molecular formula is C27H32ClN7O2. The third-order valence-corrected chi connectivity index (χ3v) is 6.59. The Balaban J connectivity index is 1.28. The van der Waals surface area contributed by atoms with Gasteiger partial charge in [0.25, 0.3) is 0 Å². The van der Waals surface area contributed by atoms with E-state index in [0.29, 0.717) is 47.6 Å². The second-order valence-electron chi connectivity index (χ2n) is 9.07. The number of ether oxygens (including phenoxy) is 2. The van der Waals surface area contributed by atoms with E-state index in [9.17, 15) is 0 Å². The van der Waals surface area contributed by atoms with Gasteiger partial charge in [0, 0.05) is 31.2 Å². The van der Waals surface area contributed by atoms with E-state index in [2.05, 4.69) is 30.3 Å². The Kier molecular flexibility index (Phi) is 8.20. The number of hydrazone groups is 1. The van der Waals surface area contributed by atoms with Crippen LogP contribution in [0.3, 0.4) is 0 Å². The number of rotatable bonds is 10. The fourth-order valence-corrected chi connectivity index (χ4v) is 4.55. The molecule has 0 amide bonds. The zero-order valence-corrected chi connectivity index (χ0v) is 21.8. The van der Waals surface area contributed by atoms with Crippen molar-refractivity contribution in [2.24, 2.45) is 5.10 Å². The van der Waals surface area contributed by atoms with Gasteiger partial charge in [-0.25, -0.2) is 5.43 Å². The largest absolute Gasteiger partial charge is 0.490 e. The zero-order valence-electron chi connectivity index (χ0n) is 21.1. The summed E-state index contributed by atoms with van der Waals surface area (Å²) in [5.74, 6) is 3.21. The van der Waals surface area contributed by atoms with Crippen molar-refractivity contribution < 1.29 is 9.47 Å². The van der Waals surface area contributed by atoms with Crippen molar-refractivity contribution >= 4 is 35.7 Å². The number of halogens is 1. The summed E-state index contributed by atoms with van der Waals surface area (Å²) in [7, 11) is 0. The molecule has 2 aromatic carbocycles. The van der Waals surface area contributed by atoms with Crippen LogP contribution in [0.2, 0.25) is 5.02 Å². The number of hydrogen-bond donors (Lipinski definition) is 1. The fourth-order valence-electron chi connectivity index (χ4n) is 4.42. The number of aromatic nitrogens is 3. The number of nitrogens with zero attached hydrogens (tertiary/aromatic N) is 6. The van der Waals surface area contributed by atoms with Crippen molar-refractivity contribution in [3.63, 3.8) is 0 Å². The standard InChI is InChI=1S/C27H32ClN7O2/c1-2-36-24-17-21(9-12-23(24)37-19-20-7-10-22(28)11-8-20)18-29-33-25-30-26(34-13-3-4-14-34)32-27(31-25)35-15-5-6-16-35/h7-12,17-18H,2-6,13-16,19H2,1H3,(H,30,31,32,33)/b29-18-. The maximum atomic E-state index is 6.00. The highest BCUT2D eigenvalue weighted by Crippen LogP contribution is 2.29. The van der Waals surface area contributed by atoms with Crippen LogP contribution in [0.1, 0.15) is 43.7 Å². The molecular weight excluding hydrogens is 490 g/mol. The number of benzene rings is 2. The van der Waals surface area contributed by atoms with E-state index in [-0.39, 0.29) is 0 Å². The second kappa shape index (κ2) is 12.1. The molecule has 0 radical (unpaired) electrons. The van der Waals surface area contributed by atoms with Crippen molar-refractivity contribution in [2.75, 3.05) is 48.0 Å². The Hall–Kier alpha value is -3.59. The number of anilines is 3. The predicted molar refractivity (Wildman–Crippen MR) is 147 cm³/mol. The van der Waals surface area contributed by atoms with Gasteiger partial charge in [0.15, 0.2) is 11.5 Å². The normalized spacial score (nSPS) is 15.5. The summed E-state index contributed by atoms with van der Waals surface area (Å²) in [5.41, 5.74) is 4.90. The first kappa shape index (κ1) is 25.1. The number of nitrogens with one attached hydrogen (secondary N) is 1. The Bertz CT molecular complexity index is 1180. The highest BCUT2D eigenvalue weighted by molar-refractivity contribution is 6.30. The molecule has 0 spiro atoms. The van der Waals surface area contributed by atoms with Crippen LogP contribution >= 0.6 is 11.6 Å². The molecule has 3 aromatic rings. The van der Waals surface area contributed by atoms with Crippen LogP contribution < -0.4 is 24.7 Å². The van der Waals surface area contributed by atoms with Crippen LogP contribution in [0.25, 0.3) is 0 Å². The lowest BCUT2D eigenvalue weighted by molar-refractivity contribution is 0.269. The predicted octanol–water partition coefficient (Wildman–Crippen LogP) is 5.15. The Morgan fingerprint density at radius 2 is 1.51 bits per heavy atom. The molecule has 0 aliphatic carbocycles. The zero-order chi connectivity index (χ0) is 25.5. The average molecular weight is 522 g/mol. The molecule has 37 heavy (non-hydrogen) atoms. The van der Waals surface area contributed by atoms with Crippen LogP contribution in [0, 0.1) is 0 Å². The first-order valence-electron chi connectivity index (χ1n) is 12.9. The molecule has 0 saturated carbocycles. The SMILES string of the molecule is CCOc1cc(/C=N\Nc2nc(N3CCCC3)nc(N3CCCC3)n2)ccc1OCc1ccc(Cl)cc1. The van der Waals surface area contributed by atoms with Gasteiger partial charge < -0.3 is 19.3 Å². The molecule has 0 bridgehead atoms. The minimum absolute atomic E-state index is 0.421. The van der Waals surface area contributed by atoms with Gasteiger partial charge >= 0.3 is 0 Å². The highest BCUT2D eigenvalue weighted by atomic mass is 35.5. The maximum absolute atomic E-state index is 6.00. The van der Waals surface area contributed by atoms with Gasteiger partial charge in [0.1, 0.15) is 6.61 Å². The average Bonchev–Trinajstić information content (AvgIpc) is 3.64. The van der Waals surface area contributed by atoms with Crippen LogP contribution in [-0.2, 0) is 6.61 Å². The number of hydrogen-bond acceptors (Lipinski definition) is 9. The molecule has 10 heteroatoms. The molecule has 3 heterocycles. The molecule has 1 N–H and O–H groups in total. The Morgan fingerprint density at radius 1 is 0.865 bits per heavy atom. The summed E-state index contributed by atoms with van der Waals surface area (Å²) >= 11 is 5.97. The van der Waals surface area contributed by atoms with Gasteiger partial charge in [-0.2, -0.15) is 20.1 Å². The van der Waals surface area contributed by atoms with E-state index in [1.54, 1.807) is 6.21 Å². The highest BCUT2D eigenvalue weighted by Gasteiger charge is 2.21. The van der Waals surface area contributed by atoms with Gasteiger partial charge in [0.05, 0.1) is 12.8 Å². The van der Waals surface area contributed by atoms with Crippen molar-refractivity contribution in [3.8, 4) is 11.5 Å². The smallest absolute Gasteiger partial charge is 0.250 e. The third-order valence-electron chi connectivity index (χ3n) is 6.34. The minimum atomic E-state index is 0.421. The summed E-state index contributed by atoms with van der Waals surface area (Å²) in [6.07, 6.45) is 6.36. The molecule has 194 valence electrons. The summed E-state index contributed by atoms with van der Waals surface area (Å²) < 4.78 is 11.8. The van der Waals surface area contributed by atoms with Gasteiger partial charge in [0.2, 0.25) is 17.8 Å². The molecule has 9 nitrogen and oxygen atoms in total. The molecule has 5 rings (SSSR count). The first-order valence-corrected chi connectivity index (χ1v) is 13.2. The van der Waals surface area contributed by atoms with Gasteiger partial charge in [-0.3, -0.25) is 0 Å². The summed E-state index contributed by atoms with van der Waals surface area (Å²) in [4.78, 5) is 18.5. The quantitative estimate of drug-likeness (QED) is 0.289. The summed E-state index contributed by atoms with van der Waals surface area (Å²) in [6.45, 7) is 6.78. The molecule has 1 aromatic heterocycles. The third kappa shape index (κ3) is 6.60. The van der Waals surface area contributed by atoms with E-state index < -0.39 is 0 Å². The summed E-state index contributed by atoms with van der Waals surface area (Å²) in [6, 6.07) is 13.3. The van der Waals surface area contributed by atoms with E-state index in [1.165, 1.54) is 0 Å². The molecule has 2 saturated heterocycles. The van der Waals surface area contributed by atoms with Crippen molar-refractivity contribution in [1.82, 2.24) is 15.0 Å². The topological polar surface area (TPSA) is 88.0 Å². The van der Waals surface area contributed by atoms with E-state index >= 15 is 0 Å². The molecule has 2 aliphatic rings.